The Morgan fingerprint density at radius 2 is 2.15 bits per heavy atom. The molecule has 5 heteroatoms. The molecular formula is C15H22N4O. The summed E-state index contributed by atoms with van der Waals surface area (Å²) in [6.45, 7) is 8.90. The maximum absolute atomic E-state index is 5.71. The first kappa shape index (κ1) is 14.5. The van der Waals surface area contributed by atoms with E-state index in [1.807, 2.05) is 30.8 Å². The van der Waals surface area contributed by atoms with E-state index in [1.54, 1.807) is 6.20 Å². The minimum atomic E-state index is 0.609. The van der Waals surface area contributed by atoms with E-state index >= 15 is 0 Å². The van der Waals surface area contributed by atoms with Crippen LogP contribution < -0.4 is 10.1 Å². The van der Waals surface area contributed by atoms with Crippen molar-refractivity contribution < 1.29 is 4.74 Å². The number of aryl methyl sites for hydroxylation is 2. The fourth-order valence-corrected chi connectivity index (χ4v) is 1.90. The molecule has 0 saturated heterocycles. The predicted octanol–water partition coefficient (Wildman–Crippen LogP) is 2.90. The predicted molar refractivity (Wildman–Crippen MR) is 78.9 cm³/mol. The fourth-order valence-electron chi connectivity index (χ4n) is 1.90. The second-order valence-corrected chi connectivity index (χ2v) is 4.70. The molecule has 0 bridgehead atoms. The van der Waals surface area contributed by atoms with Gasteiger partial charge in [0, 0.05) is 24.8 Å². The molecule has 0 aliphatic rings. The van der Waals surface area contributed by atoms with Crippen LogP contribution in [0.3, 0.4) is 0 Å². The molecule has 5 nitrogen and oxygen atoms in total. The molecule has 1 N–H and O–H groups in total. The molecule has 0 aromatic carbocycles. The van der Waals surface area contributed by atoms with Crippen LogP contribution in [0, 0.1) is 6.92 Å². The first-order valence-corrected chi connectivity index (χ1v) is 7.10. The van der Waals surface area contributed by atoms with Crippen LogP contribution in [-0.4, -0.2) is 21.3 Å². The lowest BCUT2D eigenvalue weighted by Crippen LogP contribution is -2.15. The van der Waals surface area contributed by atoms with Crippen molar-refractivity contribution in [3.8, 4) is 11.6 Å². The molecule has 0 radical (unpaired) electrons. The molecule has 0 aliphatic carbocycles. The van der Waals surface area contributed by atoms with E-state index < -0.39 is 0 Å². The minimum Gasteiger partial charge on any atom is -0.436 e. The topological polar surface area (TPSA) is 52.0 Å². The van der Waals surface area contributed by atoms with E-state index in [1.165, 1.54) is 5.56 Å². The Bertz CT molecular complexity index is 551. The van der Waals surface area contributed by atoms with E-state index in [4.69, 9.17) is 4.74 Å². The summed E-state index contributed by atoms with van der Waals surface area (Å²) in [7, 11) is 0. The summed E-state index contributed by atoms with van der Waals surface area (Å²) in [5, 5.41) is 7.55. The van der Waals surface area contributed by atoms with Crippen molar-refractivity contribution >= 4 is 0 Å². The second-order valence-electron chi connectivity index (χ2n) is 4.70. The van der Waals surface area contributed by atoms with Gasteiger partial charge in [0.05, 0.1) is 12.4 Å². The smallest absolute Gasteiger partial charge is 0.219 e. The zero-order valence-electron chi connectivity index (χ0n) is 12.4. The highest BCUT2D eigenvalue weighted by Crippen LogP contribution is 2.20. The van der Waals surface area contributed by atoms with Crippen molar-refractivity contribution in [2.24, 2.45) is 0 Å². The summed E-state index contributed by atoms with van der Waals surface area (Å²) in [4.78, 5) is 4.48. The molecule has 2 rings (SSSR count). The lowest BCUT2D eigenvalue weighted by molar-refractivity contribution is 0.459. The molecule has 0 saturated carbocycles. The number of ether oxygens (including phenoxy) is 1. The highest BCUT2D eigenvalue weighted by atomic mass is 16.5. The van der Waals surface area contributed by atoms with Crippen LogP contribution in [0.4, 0.5) is 0 Å². The van der Waals surface area contributed by atoms with Crippen LogP contribution in [0.5, 0.6) is 11.6 Å². The number of hydrogen-bond acceptors (Lipinski definition) is 4. The van der Waals surface area contributed by atoms with E-state index in [-0.39, 0.29) is 0 Å². The lowest BCUT2D eigenvalue weighted by Gasteiger charge is -2.08. The molecule has 20 heavy (non-hydrogen) atoms. The Balaban J connectivity index is 2.01. The molecule has 2 aromatic rings. The van der Waals surface area contributed by atoms with Crippen molar-refractivity contribution in [1.82, 2.24) is 20.1 Å². The highest BCUT2D eigenvalue weighted by Gasteiger charge is 2.05. The van der Waals surface area contributed by atoms with Gasteiger partial charge in [0.25, 0.3) is 0 Å². The Kier molecular flexibility index (Phi) is 5.12. The minimum absolute atomic E-state index is 0.609. The van der Waals surface area contributed by atoms with E-state index in [9.17, 15) is 0 Å². The zero-order chi connectivity index (χ0) is 14.4. The lowest BCUT2D eigenvalue weighted by atomic mass is 10.2. The third kappa shape index (κ3) is 3.81. The number of aromatic nitrogens is 3. The summed E-state index contributed by atoms with van der Waals surface area (Å²) >= 11 is 0. The van der Waals surface area contributed by atoms with Crippen LogP contribution in [0.1, 0.15) is 31.5 Å². The van der Waals surface area contributed by atoms with Gasteiger partial charge in [0.2, 0.25) is 5.88 Å². The third-order valence-corrected chi connectivity index (χ3v) is 3.07. The van der Waals surface area contributed by atoms with Crippen LogP contribution in [0.25, 0.3) is 0 Å². The number of rotatable bonds is 7. The largest absolute Gasteiger partial charge is 0.436 e. The molecule has 0 aliphatic heterocycles. The molecule has 0 amide bonds. The molecule has 0 spiro atoms. The third-order valence-electron chi connectivity index (χ3n) is 3.07. The molecule has 0 fully saturated rings. The van der Waals surface area contributed by atoms with Gasteiger partial charge < -0.3 is 10.1 Å². The van der Waals surface area contributed by atoms with E-state index in [0.717, 1.165) is 37.5 Å². The molecule has 0 unspecified atom stereocenters. The van der Waals surface area contributed by atoms with Crippen LogP contribution in [0.2, 0.25) is 0 Å². The monoisotopic (exact) mass is 274 g/mol. The molecule has 108 valence electrons. The number of nitrogens with zero attached hydrogens (tertiary/aromatic N) is 3. The summed E-state index contributed by atoms with van der Waals surface area (Å²) in [6.07, 6.45) is 4.71. The van der Waals surface area contributed by atoms with Crippen LogP contribution >= 0.6 is 0 Å². The van der Waals surface area contributed by atoms with Crippen molar-refractivity contribution in [2.45, 2.75) is 40.3 Å². The maximum atomic E-state index is 5.71. The Labute approximate surface area is 120 Å². The second kappa shape index (κ2) is 7.05. The van der Waals surface area contributed by atoms with Gasteiger partial charge in [-0.05, 0) is 32.4 Å². The molecule has 2 heterocycles. The standard InChI is InChI=1S/C15H22N4O/c1-4-8-16-9-13-6-7-15(18-12(13)3)20-14-10-17-19(5-2)11-14/h6-7,10-11,16H,4-5,8-9H2,1-3H3. The Hall–Kier alpha value is -1.88. The van der Waals surface area contributed by atoms with Gasteiger partial charge >= 0.3 is 0 Å². The summed E-state index contributed by atoms with van der Waals surface area (Å²) in [6, 6.07) is 3.96. The van der Waals surface area contributed by atoms with Crippen molar-refractivity contribution in [1.29, 1.82) is 0 Å². The van der Waals surface area contributed by atoms with Gasteiger partial charge in [-0.25, -0.2) is 4.98 Å². The highest BCUT2D eigenvalue weighted by molar-refractivity contribution is 5.28. The fraction of sp³-hybridized carbons (Fsp3) is 0.467. The van der Waals surface area contributed by atoms with Gasteiger partial charge in [-0.2, -0.15) is 5.10 Å². The van der Waals surface area contributed by atoms with Gasteiger partial charge in [-0.15, -0.1) is 0 Å². The summed E-state index contributed by atoms with van der Waals surface area (Å²) in [5.74, 6) is 1.33. The van der Waals surface area contributed by atoms with Crippen LogP contribution in [0.15, 0.2) is 24.5 Å². The zero-order valence-corrected chi connectivity index (χ0v) is 12.4. The number of pyridine rings is 1. The van der Waals surface area contributed by atoms with Gasteiger partial charge in [-0.3, -0.25) is 4.68 Å². The number of nitrogens with one attached hydrogen (secondary N) is 1. The first-order chi connectivity index (χ1) is 9.72. The Morgan fingerprint density at radius 3 is 2.80 bits per heavy atom. The van der Waals surface area contributed by atoms with Gasteiger partial charge in [0.15, 0.2) is 5.75 Å². The summed E-state index contributed by atoms with van der Waals surface area (Å²) in [5.41, 5.74) is 2.20. The van der Waals surface area contributed by atoms with E-state index in [2.05, 4.69) is 28.4 Å². The average Bonchev–Trinajstić information content (AvgIpc) is 2.89. The first-order valence-electron chi connectivity index (χ1n) is 7.10. The Morgan fingerprint density at radius 1 is 1.30 bits per heavy atom. The molecule has 0 atom stereocenters. The quantitative estimate of drug-likeness (QED) is 0.789. The average molecular weight is 274 g/mol. The van der Waals surface area contributed by atoms with Crippen molar-refractivity contribution in [2.75, 3.05) is 6.54 Å². The summed E-state index contributed by atoms with van der Waals surface area (Å²) < 4.78 is 7.53. The SMILES string of the molecule is CCCNCc1ccc(Oc2cnn(CC)c2)nc1C. The van der Waals surface area contributed by atoms with E-state index in [0.29, 0.717) is 5.88 Å². The molecular weight excluding hydrogens is 252 g/mol. The van der Waals surface area contributed by atoms with Gasteiger partial charge in [-0.1, -0.05) is 13.0 Å². The van der Waals surface area contributed by atoms with Crippen molar-refractivity contribution in [3.05, 3.63) is 35.8 Å². The number of hydrogen-bond donors (Lipinski definition) is 1. The maximum Gasteiger partial charge on any atom is 0.219 e. The normalized spacial score (nSPS) is 10.8. The van der Waals surface area contributed by atoms with Gasteiger partial charge in [0.1, 0.15) is 0 Å². The van der Waals surface area contributed by atoms with Crippen LogP contribution in [-0.2, 0) is 13.1 Å². The molecule has 2 aromatic heterocycles. The van der Waals surface area contributed by atoms with Crippen molar-refractivity contribution in [3.63, 3.8) is 0 Å².